The minimum atomic E-state index is -2.45. The molecular formula is C57H64F4N2O8Si2. The van der Waals surface area contributed by atoms with Crippen molar-refractivity contribution in [2.45, 2.75) is 88.6 Å². The zero-order valence-corrected chi connectivity index (χ0v) is 43.5. The van der Waals surface area contributed by atoms with E-state index in [0.717, 1.165) is 28.8 Å². The van der Waals surface area contributed by atoms with Gasteiger partial charge in [0, 0.05) is 18.0 Å². The van der Waals surface area contributed by atoms with E-state index in [1.165, 1.54) is 48.5 Å². The minimum absolute atomic E-state index is 0.0844. The first-order chi connectivity index (χ1) is 34.8. The summed E-state index contributed by atoms with van der Waals surface area (Å²) < 4.78 is 64.8. The predicted molar refractivity (Wildman–Crippen MR) is 279 cm³/mol. The van der Waals surface area contributed by atoms with E-state index >= 15 is 0 Å². The van der Waals surface area contributed by atoms with Gasteiger partial charge < -0.3 is 39.1 Å². The van der Waals surface area contributed by atoms with Crippen LogP contribution in [0.4, 0.5) is 28.9 Å². The Balaban J connectivity index is 0.000000218. The van der Waals surface area contributed by atoms with E-state index in [2.05, 4.69) is 0 Å². The van der Waals surface area contributed by atoms with Gasteiger partial charge in [0.25, 0.3) is 0 Å². The van der Waals surface area contributed by atoms with E-state index in [9.17, 15) is 47.0 Å². The topological polar surface area (TPSA) is 140 Å². The normalized spacial score (nSPS) is 18.6. The van der Waals surface area contributed by atoms with Crippen LogP contribution in [0.5, 0.6) is 5.75 Å². The third-order valence-corrected chi connectivity index (χ3v) is 16.7. The quantitative estimate of drug-likeness (QED) is 0.0242. The largest absolute Gasteiger partial charge is 0.491 e. The number of ether oxygens (including phenoxy) is 2. The molecule has 2 saturated heterocycles. The lowest BCUT2D eigenvalue weighted by Crippen LogP contribution is -2.55. The number of nitrogens with zero attached hydrogens (tertiary/aromatic N) is 2. The van der Waals surface area contributed by atoms with Gasteiger partial charge in [0.15, 0.2) is 8.32 Å². The average molecular weight is 1040 g/mol. The number of aliphatic hydroxyl groups is 2. The fourth-order valence-electron chi connectivity index (χ4n) is 9.36. The van der Waals surface area contributed by atoms with Crippen molar-refractivity contribution >= 4 is 45.0 Å². The number of anilines is 2. The van der Waals surface area contributed by atoms with Gasteiger partial charge in [0.1, 0.15) is 35.6 Å². The third-order valence-electron chi connectivity index (χ3n) is 13.4. The van der Waals surface area contributed by atoms with Crippen LogP contribution in [0.25, 0.3) is 0 Å². The maximum Gasteiger partial charge on any atom is 0.233 e. The Morgan fingerprint density at radius 2 is 0.904 bits per heavy atom. The highest BCUT2D eigenvalue weighted by Gasteiger charge is 2.49. The molecule has 0 saturated carbocycles. The fourth-order valence-corrected chi connectivity index (χ4v) is 11.3. The molecule has 10 nitrogen and oxygen atoms in total. The van der Waals surface area contributed by atoms with E-state index in [4.69, 9.17) is 9.47 Å². The van der Waals surface area contributed by atoms with Crippen LogP contribution in [0.1, 0.15) is 78.6 Å². The zero-order valence-electron chi connectivity index (χ0n) is 41.5. The van der Waals surface area contributed by atoms with Gasteiger partial charge in [-0.2, -0.15) is 0 Å². The smallest absolute Gasteiger partial charge is 0.233 e. The number of carbonyl (C=O) groups is 2. The van der Waals surface area contributed by atoms with E-state index in [1.54, 1.807) is 58.3 Å². The Hall–Kier alpha value is -5.99. The number of rotatable bonds is 21. The van der Waals surface area contributed by atoms with Gasteiger partial charge in [-0.15, -0.1) is 0 Å². The Labute approximate surface area is 426 Å². The number of aliphatic hydroxyl groups excluding tert-OH is 2. The van der Waals surface area contributed by atoms with E-state index in [1.807, 2.05) is 74.7 Å². The van der Waals surface area contributed by atoms with Gasteiger partial charge in [0.05, 0.1) is 42.7 Å². The fraction of sp³-hybridized carbons (Fsp3) is 0.333. The molecular weight excluding hydrogens is 973 g/mol. The highest BCUT2D eigenvalue weighted by atomic mass is 28.4. The van der Waals surface area contributed by atoms with Crippen molar-refractivity contribution in [1.29, 1.82) is 0 Å². The summed E-state index contributed by atoms with van der Waals surface area (Å²) in [6.07, 6.45) is 0.788. The Morgan fingerprint density at radius 1 is 0.521 bits per heavy atom. The molecule has 0 radical (unpaired) electrons. The highest BCUT2D eigenvalue weighted by molar-refractivity contribution is 6.83. The van der Waals surface area contributed by atoms with Crippen molar-refractivity contribution in [3.63, 3.8) is 0 Å². The number of halogens is 4. The number of amides is 2. The van der Waals surface area contributed by atoms with Gasteiger partial charge in [-0.1, -0.05) is 60.7 Å². The molecule has 8 rings (SSSR count). The molecule has 2 heterocycles. The van der Waals surface area contributed by atoms with Gasteiger partial charge in [0.2, 0.25) is 20.1 Å². The molecule has 2 amide bonds. The molecule has 2 aliphatic heterocycles. The molecule has 0 bridgehead atoms. The number of hydrogen-bond donors (Lipinski definition) is 4. The van der Waals surface area contributed by atoms with Crippen LogP contribution in [-0.2, 0) is 14.3 Å². The van der Waals surface area contributed by atoms with Crippen LogP contribution < -0.4 is 19.7 Å². The molecule has 0 unspecified atom stereocenters. The molecule has 2 aliphatic rings. The average Bonchev–Trinajstić information content (AvgIpc) is 3.36. The summed E-state index contributed by atoms with van der Waals surface area (Å²) in [7, 11) is -4.49. The van der Waals surface area contributed by atoms with Crippen LogP contribution in [0.3, 0.4) is 0 Å². The third kappa shape index (κ3) is 14.4. The maximum atomic E-state index is 13.6. The van der Waals surface area contributed by atoms with Crippen LogP contribution in [0.2, 0.25) is 32.2 Å². The van der Waals surface area contributed by atoms with Gasteiger partial charge in [-0.05, 0) is 177 Å². The van der Waals surface area contributed by atoms with Crippen molar-refractivity contribution in [3.8, 4) is 5.75 Å². The van der Waals surface area contributed by atoms with Crippen molar-refractivity contribution in [2.24, 2.45) is 11.8 Å². The first-order valence-electron chi connectivity index (χ1n) is 24.7. The predicted octanol–water partition coefficient (Wildman–Crippen LogP) is 10.8. The van der Waals surface area contributed by atoms with Gasteiger partial charge >= 0.3 is 0 Å². The first-order valence-corrected chi connectivity index (χ1v) is 30.8. The molecule has 16 heteroatoms. The van der Waals surface area contributed by atoms with Gasteiger partial charge in [-0.3, -0.25) is 9.59 Å². The van der Waals surface area contributed by atoms with Crippen LogP contribution in [-0.4, -0.2) is 68.1 Å². The lowest BCUT2D eigenvalue weighted by Gasteiger charge is -2.48. The molecule has 73 heavy (non-hydrogen) atoms. The van der Waals surface area contributed by atoms with Gasteiger partial charge in [-0.25, -0.2) is 17.6 Å². The SMILES string of the molecule is C[Si](C)(O)CCCOCCOc1ccc([C@@H]2[C@@H](CC[C@H](O)c3ccc(F)cc3)C(=O)N2c2ccc(F)cc2)cc1.C[Si](C)(O)c1ccc([C@@H]2[C@@H](CC[C@H](O)c3ccc(F)cc3)C(=O)N2c2ccc(F)cc2)cc1. The second-order valence-electron chi connectivity index (χ2n) is 19.9. The summed E-state index contributed by atoms with van der Waals surface area (Å²) in [6, 6.07) is 38.5. The number of hydrogen-bond acceptors (Lipinski definition) is 8. The monoisotopic (exact) mass is 1040 g/mol. The summed E-state index contributed by atoms with van der Waals surface area (Å²) >= 11 is 0. The maximum absolute atomic E-state index is 13.6. The van der Waals surface area contributed by atoms with Crippen molar-refractivity contribution < 1.29 is 56.4 Å². The van der Waals surface area contributed by atoms with Crippen LogP contribution >= 0.6 is 0 Å². The summed E-state index contributed by atoms with van der Waals surface area (Å²) in [5, 5.41) is 22.1. The standard InChI is InChI=1S/C31H37F2NO5Si.C26H27F2NO3Si/c1-40(2,37)21-3-18-38-19-20-39-27-14-6-23(7-15-27)30-28(16-17-29(35)22-4-8-24(32)9-5-22)31(36)34(30)26-12-10-25(33)11-13-26;1-33(2,32)22-13-5-18(6-14-22)25-23(15-16-24(30)17-3-7-19(27)8-4-17)26(31)29(25)21-11-9-20(28)10-12-21/h4-15,28-30,35,37H,3,16-21H2,1-2H3;3-14,23-25,30,32H,15-16H2,1-2H3/t28-,29+,30-;23-,24+,25-/m11/s1. The second-order valence-corrected chi connectivity index (χ2v) is 27.7. The molecule has 0 aromatic heterocycles. The van der Waals surface area contributed by atoms with Crippen LogP contribution in [0, 0.1) is 35.1 Å². The molecule has 386 valence electrons. The number of carbonyl (C=O) groups excluding carboxylic acids is 2. The molecule has 6 aromatic carbocycles. The lowest BCUT2D eigenvalue weighted by atomic mass is 9.78. The summed E-state index contributed by atoms with van der Waals surface area (Å²) in [5.41, 5.74) is 4.25. The van der Waals surface area contributed by atoms with Crippen molar-refractivity contribution in [3.05, 3.63) is 191 Å². The summed E-state index contributed by atoms with van der Waals surface area (Å²) in [5.74, 6) is -1.71. The lowest BCUT2D eigenvalue weighted by molar-refractivity contribution is -0.131. The number of benzene rings is 6. The van der Waals surface area contributed by atoms with Crippen LogP contribution in [0.15, 0.2) is 146 Å². The van der Waals surface area contributed by atoms with E-state index in [0.29, 0.717) is 73.8 Å². The Morgan fingerprint density at radius 3 is 1.29 bits per heavy atom. The van der Waals surface area contributed by atoms with Crippen molar-refractivity contribution in [2.75, 3.05) is 29.6 Å². The molecule has 6 atom stereocenters. The summed E-state index contributed by atoms with van der Waals surface area (Å²) in [4.78, 5) is 50.0. The van der Waals surface area contributed by atoms with Crippen molar-refractivity contribution in [1.82, 2.24) is 0 Å². The Kier molecular flexibility index (Phi) is 18.3. The molecule has 2 fully saturated rings. The molecule has 6 aromatic rings. The minimum Gasteiger partial charge on any atom is -0.491 e. The first kappa shape index (κ1) is 54.8. The highest BCUT2D eigenvalue weighted by Crippen LogP contribution is 2.48. The molecule has 0 spiro atoms. The second kappa shape index (κ2) is 24.4. The summed E-state index contributed by atoms with van der Waals surface area (Å²) in [6.45, 7) is 8.95. The Bertz CT molecular complexity index is 2720. The molecule has 4 N–H and O–H groups in total. The molecule has 0 aliphatic carbocycles. The van der Waals surface area contributed by atoms with E-state index < -0.39 is 28.8 Å². The van der Waals surface area contributed by atoms with E-state index in [-0.39, 0.29) is 59.0 Å². The zero-order chi connectivity index (χ0) is 52.5. The number of β-lactam (4-membered cyclic amide) rings is 2.